The highest BCUT2D eigenvalue weighted by Gasteiger charge is 2.10. The number of nitrogens with one attached hydrogen (secondary N) is 1. The summed E-state index contributed by atoms with van der Waals surface area (Å²) in [5.41, 5.74) is 9.19. The lowest BCUT2D eigenvalue weighted by atomic mass is 10.1. The van der Waals surface area contributed by atoms with E-state index in [2.05, 4.69) is 20.3 Å². The fraction of sp³-hybridized carbons (Fsp3) is 0.150. The Bertz CT molecular complexity index is 1130. The molecule has 0 aliphatic heterocycles. The zero-order valence-corrected chi connectivity index (χ0v) is 15.9. The maximum absolute atomic E-state index is 6.22. The first-order valence-corrected chi connectivity index (χ1v) is 9.08. The number of fused-ring (bicyclic) bond motifs is 1. The normalized spacial score (nSPS) is 10.9. The van der Waals surface area contributed by atoms with Gasteiger partial charge in [0.25, 0.3) is 0 Å². The Morgan fingerprint density at radius 2 is 2.11 bits per heavy atom. The third kappa shape index (κ3) is 3.70. The molecular formula is C20H18ClN5O2. The third-order valence-corrected chi connectivity index (χ3v) is 4.69. The molecule has 4 aromatic rings. The molecular weight excluding hydrogens is 378 g/mol. The fourth-order valence-corrected chi connectivity index (χ4v) is 3.06. The first kappa shape index (κ1) is 18.1. The van der Waals surface area contributed by atoms with Gasteiger partial charge >= 0.3 is 0 Å². The number of hydrogen-bond donors (Lipinski definition) is 2. The summed E-state index contributed by atoms with van der Waals surface area (Å²) in [6.45, 7) is 2.85. The molecule has 0 spiro atoms. The van der Waals surface area contributed by atoms with E-state index in [1.54, 1.807) is 18.5 Å². The first-order valence-electron chi connectivity index (χ1n) is 8.71. The smallest absolute Gasteiger partial charge is 0.224 e. The van der Waals surface area contributed by atoms with Gasteiger partial charge in [0.2, 0.25) is 11.8 Å². The van der Waals surface area contributed by atoms with Gasteiger partial charge in [-0.25, -0.2) is 9.97 Å². The molecule has 1 aromatic carbocycles. The fourth-order valence-electron chi connectivity index (χ4n) is 2.89. The van der Waals surface area contributed by atoms with Crippen molar-refractivity contribution in [1.29, 1.82) is 0 Å². The summed E-state index contributed by atoms with van der Waals surface area (Å²) < 4.78 is 11.1. The Hall–Kier alpha value is -3.32. The molecule has 0 saturated carbocycles. The highest BCUT2D eigenvalue weighted by atomic mass is 35.5. The van der Waals surface area contributed by atoms with Crippen molar-refractivity contribution in [2.75, 3.05) is 24.2 Å². The summed E-state index contributed by atoms with van der Waals surface area (Å²) in [5, 5.41) is 4.72. The van der Waals surface area contributed by atoms with E-state index in [9.17, 15) is 0 Å². The zero-order chi connectivity index (χ0) is 19.5. The van der Waals surface area contributed by atoms with E-state index < -0.39 is 0 Å². The Labute approximate surface area is 166 Å². The number of ether oxygens (including phenoxy) is 1. The standard InChI is InChI=1S/C20H18ClN5O2/c1-12-13(3-2-4-15(12)21)16-11-18(26-20(22)25-16)23-8-10-28-19-14-6-9-27-17(14)5-7-24-19/h2-7,9,11H,8,10H2,1H3,(H3,22,23,25,26). The number of aromatic nitrogens is 3. The minimum Gasteiger partial charge on any atom is -0.475 e. The van der Waals surface area contributed by atoms with Crippen LogP contribution < -0.4 is 15.8 Å². The Morgan fingerprint density at radius 3 is 3.00 bits per heavy atom. The average molecular weight is 396 g/mol. The number of anilines is 2. The van der Waals surface area contributed by atoms with E-state index in [4.69, 9.17) is 26.5 Å². The van der Waals surface area contributed by atoms with Crippen LogP contribution in [0.5, 0.6) is 5.88 Å². The molecule has 3 N–H and O–H groups in total. The molecule has 0 fully saturated rings. The van der Waals surface area contributed by atoms with Crippen molar-refractivity contribution >= 4 is 34.3 Å². The molecule has 8 heteroatoms. The number of benzene rings is 1. The Balaban J connectivity index is 1.45. The van der Waals surface area contributed by atoms with Crippen LogP contribution in [0.2, 0.25) is 5.02 Å². The predicted molar refractivity (Wildman–Crippen MR) is 110 cm³/mol. The van der Waals surface area contributed by atoms with Gasteiger partial charge in [0, 0.05) is 22.8 Å². The molecule has 0 bridgehead atoms. The number of nitrogens with two attached hydrogens (primary N) is 1. The molecule has 0 saturated heterocycles. The minimum absolute atomic E-state index is 0.185. The van der Waals surface area contributed by atoms with Crippen molar-refractivity contribution in [3.8, 4) is 17.1 Å². The van der Waals surface area contributed by atoms with Gasteiger partial charge in [0.15, 0.2) is 0 Å². The molecule has 0 aliphatic rings. The molecule has 0 radical (unpaired) electrons. The van der Waals surface area contributed by atoms with Crippen LogP contribution in [-0.2, 0) is 0 Å². The van der Waals surface area contributed by atoms with Crippen LogP contribution in [0.1, 0.15) is 5.56 Å². The largest absolute Gasteiger partial charge is 0.475 e. The number of nitrogens with zero attached hydrogens (tertiary/aromatic N) is 3. The molecule has 3 aromatic heterocycles. The highest BCUT2D eigenvalue weighted by molar-refractivity contribution is 6.31. The van der Waals surface area contributed by atoms with Crippen molar-refractivity contribution in [1.82, 2.24) is 15.0 Å². The van der Waals surface area contributed by atoms with Gasteiger partial charge < -0.3 is 20.2 Å². The van der Waals surface area contributed by atoms with Gasteiger partial charge in [0.1, 0.15) is 18.0 Å². The van der Waals surface area contributed by atoms with Gasteiger partial charge in [0.05, 0.1) is 23.9 Å². The van der Waals surface area contributed by atoms with Crippen LogP contribution in [0.4, 0.5) is 11.8 Å². The molecule has 7 nitrogen and oxygen atoms in total. The summed E-state index contributed by atoms with van der Waals surface area (Å²) in [6, 6.07) is 11.1. The SMILES string of the molecule is Cc1c(Cl)cccc1-c1cc(NCCOc2nccc3occc23)nc(N)n1. The summed E-state index contributed by atoms with van der Waals surface area (Å²) in [6.07, 6.45) is 3.26. The second-order valence-corrected chi connectivity index (χ2v) is 6.54. The lowest BCUT2D eigenvalue weighted by Crippen LogP contribution is -2.14. The quantitative estimate of drug-likeness (QED) is 0.469. The number of halogens is 1. The van der Waals surface area contributed by atoms with Crippen molar-refractivity contribution in [3.05, 3.63) is 59.4 Å². The van der Waals surface area contributed by atoms with Crippen LogP contribution >= 0.6 is 11.6 Å². The number of furan rings is 1. The number of hydrogen-bond acceptors (Lipinski definition) is 7. The number of nitrogen functional groups attached to an aromatic ring is 1. The lowest BCUT2D eigenvalue weighted by Gasteiger charge is -2.11. The van der Waals surface area contributed by atoms with Crippen LogP contribution in [0.15, 0.2) is 53.3 Å². The first-order chi connectivity index (χ1) is 13.6. The van der Waals surface area contributed by atoms with Crippen LogP contribution in [0.25, 0.3) is 22.2 Å². The van der Waals surface area contributed by atoms with E-state index in [0.29, 0.717) is 35.6 Å². The van der Waals surface area contributed by atoms with E-state index in [0.717, 1.165) is 22.1 Å². The van der Waals surface area contributed by atoms with Crippen molar-refractivity contribution in [3.63, 3.8) is 0 Å². The number of pyridine rings is 1. The molecule has 0 unspecified atom stereocenters. The molecule has 4 rings (SSSR count). The molecule has 3 heterocycles. The lowest BCUT2D eigenvalue weighted by molar-refractivity contribution is 0.324. The van der Waals surface area contributed by atoms with Gasteiger partial charge in [-0.15, -0.1) is 0 Å². The minimum atomic E-state index is 0.185. The summed E-state index contributed by atoms with van der Waals surface area (Å²) >= 11 is 6.22. The summed E-state index contributed by atoms with van der Waals surface area (Å²) in [5.74, 6) is 1.33. The van der Waals surface area contributed by atoms with Crippen LogP contribution in [0.3, 0.4) is 0 Å². The summed E-state index contributed by atoms with van der Waals surface area (Å²) in [7, 11) is 0. The topological polar surface area (TPSA) is 99.1 Å². The van der Waals surface area contributed by atoms with Crippen LogP contribution in [0, 0.1) is 6.92 Å². The average Bonchev–Trinajstić information content (AvgIpc) is 3.16. The van der Waals surface area contributed by atoms with E-state index in [1.807, 2.05) is 37.3 Å². The maximum atomic E-state index is 6.22. The van der Waals surface area contributed by atoms with Gasteiger partial charge in [-0.2, -0.15) is 4.98 Å². The van der Waals surface area contributed by atoms with E-state index >= 15 is 0 Å². The molecule has 142 valence electrons. The second-order valence-electron chi connectivity index (χ2n) is 6.13. The predicted octanol–water partition coefficient (Wildman–Crippen LogP) is 4.32. The molecule has 0 amide bonds. The number of rotatable bonds is 6. The van der Waals surface area contributed by atoms with Gasteiger partial charge in [-0.3, -0.25) is 0 Å². The highest BCUT2D eigenvalue weighted by Crippen LogP contribution is 2.28. The monoisotopic (exact) mass is 395 g/mol. The van der Waals surface area contributed by atoms with Crippen LogP contribution in [-0.4, -0.2) is 28.1 Å². The second kappa shape index (κ2) is 7.74. The van der Waals surface area contributed by atoms with E-state index in [-0.39, 0.29) is 5.95 Å². The van der Waals surface area contributed by atoms with Gasteiger partial charge in [-0.1, -0.05) is 23.7 Å². The summed E-state index contributed by atoms with van der Waals surface area (Å²) in [4.78, 5) is 12.8. The maximum Gasteiger partial charge on any atom is 0.224 e. The molecule has 0 atom stereocenters. The molecule has 0 aliphatic carbocycles. The molecule has 28 heavy (non-hydrogen) atoms. The Morgan fingerprint density at radius 1 is 1.21 bits per heavy atom. The van der Waals surface area contributed by atoms with Gasteiger partial charge in [-0.05, 0) is 30.7 Å². The van der Waals surface area contributed by atoms with E-state index in [1.165, 1.54) is 0 Å². The van der Waals surface area contributed by atoms with Crippen molar-refractivity contribution in [2.45, 2.75) is 6.92 Å². The Kier molecular flexibility index (Phi) is 4.99. The third-order valence-electron chi connectivity index (χ3n) is 4.28. The van der Waals surface area contributed by atoms with Crippen molar-refractivity contribution in [2.24, 2.45) is 0 Å². The van der Waals surface area contributed by atoms with Crippen molar-refractivity contribution < 1.29 is 9.15 Å². The zero-order valence-electron chi connectivity index (χ0n) is 15.1.